The number of nitrogens with zero attached hydrogens (tertiary/aromatic N) is 2. The fraction of sp³-hybridized carbons (Fsp3) is 0.440. The highest BCUT2D eigenvalue weighted by molar-refractivity contribution is 6.06. The van der Waals surface area contributed by atoms with Crippen LogP contribution < -0.4 is 14.6 Å². The second-order valence-corrected chi connectivity index (χ2v) is 8.90. The van der Waals surface area contributed by atoms with E-state index in [0.29, 0.717) is 24.3 Å². The third-order valence-corrected chi connectivity index (χ3v) is 5.79. The van der Waals surface area contributed by atoms with Crippen molar-refractivity contribution in [2.24, 2.45) is 5.92 Å². The van der Waals surface area contributed by atoms with Crippen LogP contribution in [0.25, 0.3) is 10.9 Å². The highest BCUT2D eigenvalue weighted by atomic mass is 16.5. The summed E-state index contributed by atoms with van der Waals surface area (Å²) < 4.78 is 13.5. The lowest BCUT2D eigenvalue weighted by Gasteiger charge is -2.28. The normalized spacial score (nSPS) is 14.9. The molecule has 0 radical (unpaired) electrons. The second kappa shape index (κ2) is 10.1. The molecule has 1 aromatic carbocycles. The molecule has 1 aliphatic rings. The minimum Gasteiger partial charge on any atom is -0.493 e. The van der Waals surface area contributed by atoms with E-state index in [1.165, 1.54) is 0 Å². The number of fused-ring (bicyclic) bond motifs is 1. The van der Waals surface area contributed by atoms with Crippen molar-refractivity contribution >= 4 is 22.5 Å². The first kappa shape index (κ1) is 22.3. The fourth-order valence-electron chi connectivity index (χ4n) is 3.96. The van der Waals surface area contributed by atoms with Crippen LogP contribution in [0.3, 0.4) is 0 Å². The first-order valence-electron chi connectivity index (χ1n) is 11.3. The number of anilines is 1. The van der Waals surface area contributed by atoms with Gasteiger partial charge in [0.15, 0.2) is 12.4 Å². The number of ether oxygens (including phenoxy) is 2. The fourth-order valence-corrected chi connectivity index (χ4v) is 3.96. The molecule has 1 fully saturated rings. The predicted octanol–water partition coefficient (Wildman–Crippen LogP) is 3.81. The average Bonchev–Trinajstić information content (AvgIpc) is 3.25. The number of aromatic amines is 1. The summed E-state index contributed by atoms with van der Waals surface area (Å²) in [5.74, 6) is 1.05. The van der Waals surface area contributed by atoms with Crippen molar-refractivity contribution < 1.29 is 18.8 Å². The van der Waals surface area contributed by atoms with E-state index in [-0.39, 0.29) is 5.91 Å². The van der Waals surface area contributed by atoms with Gasteiger partial charge in [-0.3, -0.25) is 4.79 Å². The van der Waals surface area contributed by atoms with Crippen LogP contribution in [0, 0.1) is 5.92 Å². The van der Waals surface area contributed by atoms with Gasteiger partial charge in [-0.1, -0.05) is 19.9 Å². The summed E-state index contributed by atoms with van der Waals surface area (Å²) >= 11 is 0. The van der Waals surface area contributed by atoms with E-state index in [4.69, 9.17) is 9.47 Å². The number of H-pyrrole nitrogens is 1. The summed E-state index contributed by atoms with van der Waals surface area (Å²) in [4.78, 5) is 18.4. The van der Waals surface area contributed by atoms with E-state index < -0.39 is 0 Å². The average molecular weight is 438 g/mol. The smallest absolute Gasteiger partial charge is 0.272 e. The minimum atomic E-state index is -0.173. The molecule has 0 unspecified atom stereocenters. The number of carbonyl (C=O) groups excluding carboxylic acids is 1. The lowest BCUT2D eigenvalue weighted by atomic mass is 10.1. The van der Waals surface area contributed by atoms with Crippen molar-refractivity contribution in [2.75, 3.05) is 32.2 Å². The van der Waals surface area contributed by atoms with Gasteiger partial charge in [-0.05, 0) is 44.0 Å². The van der Waals surface area contributed by atoms with E-state index in [1.54, 1.807) is 0 Å². The lowest BCUT2D eigenvalue weighted by Crippen LogP contribution is -2.47. The van der Waals surface area contributed by atoms with Gasteiger partial charge in [0.05, 0.1) is 12.3 Å². The minimum absolute atomic E-state index is 0.173. The van der Waals surface area contributed by atoms with Gasteiger partial charge in [-0.25, -0.2) is 4.90 Å². The number of rotatable bonds is 8. The van der Waals surface area contributed by atoms with Gasteiger partial charge in [0.2, 0.25) is 6.67 Å². The molecule has 170 valence electrons. The zero-order valence-corrected chi connectivity index (χ0v) is 19.1. The van der Waals surface area contributed by atoms with E-state index in [0.717, 1.165) is 55.1 Å². The summed E-state index contributed by atoms with van der Waals surface area (Å²) in [6.45, 7) is 7.35. The molecule has 1 amide bonds. The van der Waals surface area contributed by atoms with Crippen molar-refractivity contribution in [2.45, 2.75) is 39.4 Å². The van der Waals surface area contributed by atoms with Crippen molar-refractivity contribution in [1.29, 1.82) is 0 Å². The van der Waals surface area contributed by atoms with Crippen LogP contribution in [0.2, 0.25) is 0 Å². The maximum Gasteiger partial charge on any atom is 0.272 e. The number of aromatic nitrogens is 2. The number of carbonyl (C=O) groups is 1. The molecule has 32 heavy (non-hydrogen) atoms. The van der Waals surface area contributed by atoms with Gasteiger partial charge in [0, 0.05) is 42.3 Å². The third kappa shape index (κ3) is 5.47. The largest absolute Gasteiger partial charge is 0.493 e. The zero-order chi connectivity index (χ0) is 22.5. The molecule has 7 heteroatoms. The maximum absolute atomic E-state index is 12.8. The van der Waals surface area contributed by atoms with Gasteiger partial charge in [0.25, 0.3) is 5.91 Å². The van der Waals surface area contributed by atoms with Crippen LogP contribution in [-0.2, 0) is 11.4 Å². The summed E-state index contributed by atoms with van der Waals surface area (Å²) in [5.41, 5.74) is 2.16. The molecule has 7 nitrogen and oxygen atoms in total. The molecule has 0 saturated carbocycles. The Morgan fingerprint density at radius 1 is 1.25 bits per heavy atom. The summed E-state index contributed by atoms with van der Waals surface area (Å²) in [5, 5.41) is 3.90. The van der Waals surface area contributed by atoms with E-state index >= 15 is 0 Å². The monoisotopic (exact) mass is 437 g/mol. The zero-order valence-electron chi connectivity index (χ0n) is 19.1. The molecule has 0 atom stereocenters. The highest BCUT2D eigenvalue weighted by Crippen LogP contribution is 2.27. The molecule has 1 aliphatic heterocycles. The van der Waals surface area contributed by atoms with Crippen LogP contribution >= 0.6 is 0 Å². The van der Waals surface area contributed by atoms with Crippen molar-refractivity contribution in [1.82, 2.24) is 9.88 Å². The number of nitrogens with one attached hydrogen (secondary N) is 2. The molecule has 2 N–H and O–H groups in total. The van der Waals surface area contributed by atoms with Crippen LogP contribution in [-0.4, -0.2) is 48.7 Å². The Hall–Kier alpha value is -2.90. The molecule has 2 aromatic heterocycles. The standard InChI is InChI=1S/C25H32N4O3/c1-18(2)16-32-24-6-4-5-22-21(24)15-23(27-22)25(30)26-19-7-11-29(12-8-19)17-28(3)20-9-13-31-14-10-20/h4-8,11-12,15,18,20H,9-10,13-14,16-17H2,1-3H3,(H,27,30)/p+1. The SMILES string of the molecule is CC(C)COc1cccc2[nH]c(C(=O)Nc3cc[n+](CN(C)C4CCOCC4)cc3)cc12. The Bertz CT molecular complexity index is 1040. The Kier molecular flexibility index (Phi) is 7.07. The van der Waals surface area contributed by atoms with Gasteiger partial charge < -0.3 is 19.8 Å². The molecule has 4 rings (SSSR count). The molecule has 0 aliphatic carbocycles. The Morgan fingerprint density at radius 2 is 2.00 bits per heavy atom. The molecule has 3 aromatic rings. The quantitative estimate of drug-likeness (QED) is 0.526. The topological polar surface area (TPSA) is 70.5 Å². The molecular weight excluding hydrogens is 404 g/mol. The summed E-state index contributed by atoms with van der Waals surface area (Å²) in [6.07, 6.45) is 6.13. The Labute approximate surface area is 189 Å². The van der Waals surface area contributed by atoms with Crippen LogP contribution in [0.5, 0.6) is 5.75 Å². The van der Waals surface area contributed by atoms with Gasteiger partial charge in [-0.15, -0.1) is 0 Å². The lowest BCUT2D eigenvalue weighted by molar-refractivity contribution is -0.716. The van der Waals surface area contributed by atoms with Gasteiger partial charge >= 0.3 is 0 Å². The van der Waals surface area contributed by atoms with E-state index in [2.05, 4.69) is 40.7 Å². The van der Waals surface area contributed by atoms with Gasteiger partial charge in [-0.2, -0.15) is 4.57 Å². The van der Waals surface area contributed by atoms with E-state index in [9.17, 15) is 4.79 Å². The first-order valence-corrected chi connectivity index (χ1v) is 11.3. The van der Waals surface area contributed by atoms with Crippen LogP contribution in [0.15, 0.2) is 48.8 Å². The Balaban J connectivity index is 1.39. The Morgan fingerprint density at radius 3 is 2.72 bits per heavy atom. The van der Waals surface area contributed by atoms with E-state index in [1.807, 2.05) is 48.8 Å². The van der Waals surface area contributed by atoms with Crippen LogP contribution in [0.4, 0.5) is 5.69 Å². The third-order valence-electron chi connectivity index (χ3n) is 5.79. The molecular formula is C25H33N4O3+. The summed E-state index contributed by atoms with van der Waals surface area (Å²) in [7, 11) is 2.15. The second-order valence-electron chi connectivity index (χ2n) is 8.90. The van der Waals surface area contributed by atoms with Crippen LogP contribution in [0.1, 0.15) is 37.2 Å². The number of hydrogen-bond donors (Lipinski definition) is 2. The number of hydrogen-bond acceptors (Lipinski definition) is 4. The first-order chi connectivity index (χ1) is 15.5. The number of benzene rings is 1. The molecule has 0 spiro atoms. The molecule has 3 heterocycles. The number of amides is 1. The maximum atomic E-state index is 12.8. The molecule has 0 bridgehead atoms. The van der Waals surface area contributed by atoms with Crippen molar-refractivity contribution in [3.05, 3.63) is 54.5 Å². The van der Waals surface area contributed by atoms with Crippen molar-refractivity contribution in [3.8, 4) is 5.75 Å². The van der Waals surface area contributed by atoms with Gasteiger partial charge in [0.1, 0.15) is 11.4 Å². The number of pyridine rings is 1. The predicted molar refractivity (Wildman–Crippen MR) is 125 cm³/mol. The summed E-state index contributed by atoms with van der Waals surface area (Å²) in [6, 6.07) is 12.1. The highest BCUT2D eigenvalue weighted by Gasteiger charge is 2.21. The van der Waals surface area contributed by atoms with Crippen molar-refractivity contribution in [3.63, 3.8) is 0 Å². The molecule has 1 saturated heterocycles.